The molecule has 0 amide bonds. The quantitative estimate of drug-likeness (QED) is 0.707. The van der Waals surface area contributed by atoms with Crippen LogP contribution < -0.4 is 9.80 Å². The van der Waals surface area contributed by atoms with E-state index in [-0.39, 0.29) is 5.82 Å². The molecule has 5 rings (SSSR count). The molecule has 3 aromatic heterocycles. The van der Waals surface area contributed by atoms with Gasteiger partial charge in [-0.1, -0.05) is 0 Å². The smallest absolute Gasteiger partial charge is 0.186 e. The first kappa shape index (κ1) is 15.4. The molecule has 0 radical (unpaired) electrons. The molecule has 9 heteroatoms. The minimum atomic E-state index is -0.299. The predicted octanol–water partition coefficient (Wildman–Crippen LogP) is 1.57. The van der Waals surface area contributed by atoms with Gasteiger partial charge in [0.1, 0.15) is 18.0 Å². The number of anilines is 2. The summed E-state index contributed by atoms with van der Waals surface area (Å²) >= 11 is 0. The molecule has 0 bridgehead atoms. The second kappa shape index (κ2) is 5.86. The van der Waals surface area contributed by atoms with E-state index >= 15 is 0 Å². The average Bonchev–Trinajstić information content (AvgIpc) is 3.41. The summed E-state index contributed by atoms with van der Waals surface area (Å²) in [4.78, 5) is 13.1. The summed E-state index contributed by atoms with van der Waals surface area (Å²) in [6, 6.07) is 3.84. The number of halogens is 1. The maximum atomic E-state index is 14.6. The van der Waals surface area contributed by atoms with Gasteiger partial charge < -0.3 is 9.80 Å². The van der Waals surface area contributed by atoms with Crippen LogP contribution in [0.25, 0.3) is 5.65 Å². The van der Waals surface area contributed by atoms with Crippen molar-refractivity contribution in [2.75, 3.05) is 36.0 Å². The Labute approximate surface area is 149 Å². The van der Waals surface area contributed by atoms with Gasteiger partial charge in [-0.05, 0) is 31.9 Å². The van der Waals surface area contributed by atoms with Crippen LogP contribution in [-0.4, -0.2) is 56.0 Å². The first-order chi connectivity index (χ1) is 12.7. The summed E-state index contributed by atoms with van der Waals surface area (Å²) in [5.41, 5.74) is 1.16. The largest absolute Gasteiger partial charge is 0.352 e. The summed E-state index contributed by atoms with van der Waals surface area (Å²) in [5, 5.41) is 12.4. The van der Waals surface area contributed by atoms with Crippen LogP contribution in [0.1, 0.15) is 30.3 Å². The fraction of sp³-hybridized carbons (Fsp3) is 0.471. The van der Waals surface area contributed by atoms with Crippen molar-refractivity contribution in [1.82, 2.24) is 29.8 Å². The molecule has 1 saturated carbocycles. The van der Waals surface area contributed by atoms with Crippen molar-refractivity contribution in [2.45, 2.75) is 25.7 Å². The lowest BCUT2D eigenvalue weighted by Crippen LogP contribution is -2.47. The fourth-order valence-corrected chi connectivity index (χ4v) is 3.33. The van der Waals surface area contributed by atoms with Crippen LogP contribution in [0.5, 0.6) is 0 Å². The van der Waals surface area contributed by atoms with Gasteiger partial charge in [-0.25, -0.2) is 14.4 Å². The normalized spacial score (nSPS) is 17.9. The van der Waals surface area contributed by atoms with Crippen LogP contribution in [0.2, 0.25) is 0 Å². The van der Waals surface area contributed by atoms with Crippen LogP contribution in [0.3, 0.4) is 0 Å². The molecule has 134 valence electrons. The lowest BCUT2D eigenvalue weighted by molar-refractivity contribution is 0.567. The highest BCUT2D eigenvalue weighted by Crippen LogP contribution is 2.39. The number of hydrogen-bond acceptors (Lipinski definition) is 7. The first-order valence-corrected chi connectivity index (χ1v) is 8.90. The number of rotatable bonds is 3. The topological polar surface area (TPSA) is 75.3 Å². The Hall–Kier alpha value is -2.84. The predicted molar refractivity (Wildman–Crippen MR) is 93.9 cm³/mol. The Morgan fingerprint density at radius 1 is 1.04 bits per heavy atom. The molecule has 8 nitrogen and oxygen atoms in total. The Bertz CT molecular complexity index is 959. The Balaban J connectivity index is 1.35. The summed E-state index contributed by atoms with van der Waals surface area (Å²) < 4.78 is 16.3. The van der Waals surface area contributed by atoms with Crippen molar-refractivity contribution in [1.29, 1.82) is 0 Å². The molecule has 0 N–H and O–H groups in total. The Morgan fingerprint density at radius 2 is 1.81 bits per heavy atom. The van der Waals surface area contributed by atoms with E-state index < -0.39 is 0 Å². The van der Waals surface area contributed by atoms with E-state index in [1.807, 2.05) is 17.0 Å². The summed E-state index contributed by atoms with van der Waals surface area (Å²) in [5.74, 6) is 2.22. The van der Waals surface area contributed by atoms with Gasteiger partial charge in [-0.15, -0.1) is 15.3 Å². The number of fused-ring (bicyclic) bond motifs is 1. The molecular formula is C17H19FN8. The summed E-state index contributed by atoms with van der Waals surface area (Å²) in [7, 11) is 0. The summed E-state index contributed by atoms with van der Waals surface area (Å²) in [6.07, 6.45) is 3.80. The average molecular weight is 354 g/mol. The second-order valence-corrected chi connectivity index (χ2v) is 6.88. The zero-order valence-corrected chi connectivity index (χ0v) is 14.5. The molecule has 1 aliphatic carbocycles. The van der Waals surface area contributed by atoms with Gasteiger partial charge >= 0.3 is 0 Å². The highest BCUT2D eigenvalue weighted by atomic mass is 19.1. The van der Waals surface area contributed by atoms with E-state index in [0.717, 1.165) is 43.2 Å². The van der Waals surface area contributed by atoms with Gasteiger partial charge in [-0.3, -0.25) is 0 Å². The molecule has 26 heavy (non-hydrogen) atoms. The van der Waals surface area contributed by atoms with Crippen molar-refractivity contribution in [3.05, 3.63) is 35.8 Å². The van der Waals surface area contributed by atoms with E-state index in [1.165, 1.54) is 0 Å². The van der Waals surface area contributed by atoms with E-state index in [1.54, 1.807) is 17.8 Å². The second-order valence-electron chi connectivity index (χ2n) is 6.88. The van der Waals surface area contributed by atoms with E-state index in [9.17, 15) is 4.39 Å². The van der Waals surface area contributed by atoms with Crippen molar-refractivity contribution in [3.8, 4) is 0 Å². The maximum Gasteiger partial charge on any atom is 0.186 e. The highest BCUT2D eigenvalue weighted by molar-refractivity contribution is 5.48. The number of nitrogens with zero attached hydrogens (tertiary/aromatic N) is 8. The molecule has 0 aromatic carbocycles. The van der Waals surface area contributed by atoms with Gasteiger partial charge in [0, 0.05) is 32.1 Å². The molecule has 0 spiro atoms. The molecule has 3 aromatic rings. The number of piperazine rings is 1. The summed E-state index contributed by atoms with van der Waals surface area (Å²) in [6.45, 7) is 4.61. The molecule has 2 aliphatic rings. The lowest BCUT2D eigenvalue weighted by Gasteiger charge is -2.36. The zero-order valence-electron chi connectivity index (χ0n) is 14.5. The molecule has 2 fully saturated rings. The zero-order chi connectivity index (χ0) is 17.7. The maximum absolute atomic E-state index is 14.6. The van der Waals surface area contributed by atoms with Gasteiger partial charge in [0.15, 0.2) is 17.3 Å². The lowest BCUT2D eigenvalue weighted by atomic mass is 10.2. The number of aromatic nitrogens is 6. The van der Waals surface area contributed by atoms with Crippen LogP contribution in [0.4, 0.5) is 16.0 Å². The third-order valence-corrected chi connectivity index (χ3v) is 5.01. The molecule has 4 heterocycles. The van der Waals surface area contributed by atoms with Crippen molar-refractivity contribution in [2.24, 2.45) is 0 Å². The minimum absolute atomic E-state index is 0.299. The number of hydrogen-bond donors (Lipinski definition) is 0. The molecule has 0 atom stereocenters. The monoisotopic (exact) mass is 354 g/mol. The van der Waals surface area contributed by atoms with Crippen molar-refractivity contribution < 1.29 is 4.39 Å². The van der Waals surface area contributed by atoms with Crippen LogP contribution in [0, 0.1) is 12.7 Å². The van der Waals surface area contributed by atoms with Crippen LogP contribution in [-0.2, 0) is 0 Å². The van der Waals surface area contributed by atoms with Gasteiger partial charge in [0.25, 0.3) is 0 Å². The third kappa shape index (κ3) is 2.63. The third-order valence-electron chi connectivity index (χ3n) is 5.01. The Morgan fingerprint density at radius 3 is 2.58 bits per heavy atom. The molecule has 1 saturated heterocycles. The molecule has 1 aliphatic heterocycles. The van der Waals surface area contributed by atoms with Gasteiger partial charge in [0.2, 0.25) is 0 Å². The van der Waals surface area contributed by atoms with E-state index in [0.29, 0.717) is 30.5 Å². The van der Waals surface area contributed by atoms with E-state index in [2.05, 4.69) is 30.2 Å². The first-order valence-electron chi connectivity index (χ1n) is 8.90. The minimum Gasteiger partial charge on any atom is -0.352 e. The Kier molecular flexibility index (Phi) is 3.47. The molecule has 0 unspecified atom stereocenters. The standard InChI is InChI=1S/C17H19FN8/c1-11-15(18)17(21-16(20-11)12-2-3-12)25-8-6-24(7-9-25)14-5-4-13-22-19-10-26(13)23-14/h4-5,10,12H,2-3,6-9H2,1H3. The van der Waals surface area contributed by atoms with E-state index in [4.69, 9.17) is 0 Å². The highest BCUT2D eigenvalue weighted by Gasteiger charge is 2.30. The van der Waals surface area contributed by atoms with Crippen molar-refractivity contribution in [3.63, 3.8) is 0 Å². The fourth-order valence-electron chi connectivity index (χ4n) is 3.33. The van der Waals surface area contributed by atoms with Crippen molar-refractivity contribution >= 4 is 17.3 Å². The van der Waals surface area contributed by atoms with Crippen LogP contribution >= 0.6 is 0 Å². The number of aryl methyl sites for hydroxylation is 1. The van der Waals surface area contributed by atoms with Gasteiger partial charge in [0.05, 0.1) is 5.69 Å². The van der Waals surface area contributed by atoms with Gasteiger partial charge in [-0.2, -0.15) is 4.52 Å². The van der Waals surface area contributed by atoms with Crippen LogP contribution in [0.15, 0.2) is 18.5 Å². The SMILES string of the molecule is Cc1nc(C2CC2)nc(N2CCN(c3ccc4nncn4n3)CC2)c1F. The molecular weight excluding hydrogens is 335 g/mol.